The van der Waals surface area contributed by atoms with Crippen LogP contribution in [0.25, 0.3) is 0 Å². The van der Waals surface area contributed by atoms with Gasteiger partial charge in [-0.1, -0.05) is 19.8 Å². The molecule has 1 aliphatic rings. The van der Waals surface area contributed by atoms with Crippen molar-refractivity contribution >= 4 is 16.0 Å². The van der Waals surface area contributed by atoms with Crippen LogP contribution in [0.15, 0.2) is 23.1 Å². The predicted molar refractivity (Wildman–Crippen MR) is 81.5 cm³/mol. The van der Waals surface area contributed by atoms with E-state index in [0.29, 0.717) is 18.6 Å². The standard InChI is InChI=1S/C15H21NO5S/c1-3-4-5-13(15(17)18)16-22(19,20)12-6-7-14-11(9-12)8-10(2)21-14/h6-7,9-10,13,16H,3-5,8H2,1-2H3,(H,17,18)/t10?,13-/m0/s1. The number of nitrogens with one attached hydrogen (secondary N) is 1. The van der Waals surface area contributed by atoms with Gasteiger partial charge in [-0.3, -0.25) is 4.79 Å². The van der Waals surface area contributed by atoms with Crippen molar-refractivity contribution in [1.82, 2.24) is 4.72 Å². The van der Waals surface area contributed by atoms with Crippen LogP contribution in [0.5, 0.6) is 5.75 Å². The molecule has 0 amide bonds. The highest BCUT2D eigenvalue weighted by molar-refractivity contribution is 7.89. The third-order valence-corrected chi connectivity index (χ3v) is 5.09. The minimum atomic E-state index is -3.86. The molecule has 1 unspecified atom stereocenters. The van der Waals surface area contributed by atoms with Gasteiger partial charge in [0.1, 0.15) is 17.9 Å². The van der Waals surface area contributed by atoms with Crippen LogP contribution in [-0.2, 0) is 21.2 Å². The molecule has 1 aromatic carbocycles. The number of carboxylic acid groups (broad SMARTS) is 1. The average Bonchev–Trinajstić information content (AvgIpc) is 2.82. The van der Waals surface area contributed by atoms with E-state index >= 15 is 0 Å². The fraction of sp³-hybridized carbons (Fsp3) is 0.533. The number of rotatable bonds is 7. The first-order valence-electron chi connectivity index (χ1n) is 7.38. The molecule has 0 fully saturated rings. The highest BCUT2D eigenvalue weighted by Gasteiger charge is 2.27. The Bertz CT molecular complexity index is 656. The van der Waals surface area contributed by atoms with Crippen molar-refractivity contribution in [2.75, 3.05) is 0 Å². The van der Waals surface area contributed by atoms with Gasteiger partial charge >= 0.3 is 5.97 Å². The van der Waals surface area contributed by atoms with Crippen molar-refractivity contribution in [1.29, 1.82) is 0 Å². The summed E-state index contributed by atoms with van der Waals surface area (Å²) in [6.45, 7) is 3.84. The van der Waals surface area contributed by atoms with Gasteiger partial charge in [0.25, 0.3) is 0 Å². The number of carbonyl (C=O) groups is 1. The maximum Gasteiger partial charge on any atom is 0.321 e. The molecule has 0 aromatic heterocycles. The lowest BCUT2D eigenvalue weighted by molar-refractivity contribution is -0.139. The lowest BCUT2D eigenvalue weighted by atomic mass is 10.1. The molecule has 1 heterocycles. The van der Waals surface area contributed by atoms with Crippen LogP contribution >= 0.6 is 0 Å². The summed E-state index contributed by atoms with van der Waals surface area (Å²) < 4.78 is 32.6. The van der Waals surface area contributed by atoms with Gasteiger partial charge in [-0.15, -0.1) is 0 Å². The normalized spacial score (nSPS) is 18.5. The predicted octanol–water partition coefficient (Wildman–Crippen LogP) is 1.93. The zero-order valence-electron chi connectivity index (χ0n) is 12.7. The first kappa shape index (κ1) is 16.8. The lowest BCUT2D eigenvalue weighted by Gasteiger charge is -2.14. The van der Waals surface area contributed by atoms with Gasteiger partial charge in [0.2, 0.25) is 10.0 Å². The number of unbranched alkanes of at least 4 members (excludes halogenated alkanes) is 1. The molecule has 0 bridgehead atoms. The van der Waals surface area contributed by atoms with Gasteiger partial charge in [0.05, 0.1) is 4.90 Å². The Balaban J connectivity index is 2.19. The van der Waals surface area contributed by atoms with Crippen molar-refractivity contribution in [2.45, 2.75) is 56.6 Å². The number of sulfonamides is 1. The first-order valence-corrected chi connectivity index (χ1v) is 8.86. The van der Waals surface area contributed by atoms with Gasteiger partial charge in [0, 0.05) is 6.42 Å². The number of benzene rings is 1. The van der Waals surface area contributed by atoms with E-state index in [1.165, 1.54) is 6.07 Å². The third-order valence-electron chi connectivity index (χ3n) is 3.62. The second-order valence-electron chi connectivity index (χ2n) is 5.56. The zero-order valence-corrected chi connectivity index (χ0v) is 13.5. The molecule has 0 radical (unpaired) electrons. The highest BCUT2D eigenvalue weighted by atomic mass is 32.2. The summed E-state index contributed by atoms with van der Waals surface area (Å²) >= 11 is 0. The molecule has 2 N–H and O–H groups in total. The molecule has 1 aromatic rings. The molecule has 0 saturated heterocycles. The number of hydrogen-bond acceptors (Lipinski definition) is 4. The number of hydrogen-bond donors (Lipinski definition) is 2. The fourth-order valence-corrected chi connectivity index (χ4v) is 3.74. The van der Waals surface area contributed by atoms with Crippen LogP contribution in [0.2, 0.25) is 0 Å². The van der Waals surface area contributed by atoms with Gasteiger partial charge in [-0.25, -0.2) is 8.42 Å². The number of carboxylic acids is 1. The van der Waals surface area contributed by atoms with Crippen molar-refractivity contribution in [3.8, 4) is 5.75 Å². The molecule has 2 rings (SSSR count). The summed E-state index contributed by atoms with van der Waals surface area (Å²) in [5.74, 6) is -0.470. The monoisotopic (exact) mass is 327 g/mol. The maximum absolute atomic E-state index is 12.4. The van der Waals surface area contributed by atoms with Crippen molar-refractivity contribution in [3.05, 3.63) is 23.8 Å². The minimum Gasteiger partial charge on any atom is -0.490 e. The highest BCUT2D eigenvalue weighted by Crippen LogP contribution is 2.30. The van der Waals surface area contributed by atoms with E-state index in [2.05, 4.69) is 4.72 Å². The smallest absolute Gasteiger partial charge is 0.321 e. The molecule has 6 nitrogen and oxygen atoms in total. The maximum atomic E-state index is 12.4. The first-order chi connectivity index (χ1) is 10.3. The molecular weight excluding hydrogens is 306 g/mol. The Morgan fingerprint density at radius 3 is 2.86 bits per heavy atom. The van der Waals surface area contributed by atoms with Crippen molar-refractivity contribution in [3.63, 3.8) is 0 Å². The summed E-state index contributed by atoms with van der Waals surface area (Å²) in [5, 5.41) is 9.15. The quantitative estimate of drug-likeness (QED) is 0.798. The van der Waals surface area contributed by atoms with Crippen LogP contribution in [-0.4, -0.2) is 31.6 Å². The fourth-order valence-electron chi connectivity index (χ4n) is 2.46. The molecule has 22 heavy (non-hydrogen) atoms. The van der Waals surface area contributed by atoms with E-state index in [0.717, 1.165) is 12.0 Å². The molecule has 0 spiro atoms. The summed E-state index contributed by atoms with van der Waals surface area (Å²) in [7, 11) is -3.86. The summed E-state index contributed by atoms with van der Waals surface area (Å²) in [6.07, 6.45) is 2.40. The second-order valence-corrected chi connectivity index (χ2v) is 7.27. The average molecular weight is 327 g/mol. The zero-order chi connectivity index (χ0) is 16.3. The SMILES string of the molecule is CCCC[C@H](NS(=O)(=O)c1ccc2c(c1)CC(C)O2)C(=O)O. The van der Waals surface area contributed by atoms with E-state index < -0.39 is 22.0 Å². The molecule has 0 saturated carbocycles. The summed E-state index contributed by atoms with van der Waals surface area (Å²) in [6, 6.07) is 3.51. The van der Waals surface area contributed by atoms with Gasteiger partial charge in [0.15, 0.2) is 0 Å². The van der Waals surface area contributed by atoms with E-state index in [1.807, 2.05) is 13.8 Å². The molecule has 122 valence electrons. The Hall–Kier alpha value is -1.60. The number of aliphatic carboxylic acids is 1. The van der Waals surface area contributed by atoms with Gasteiger partial charge in [-0.2, -0.15) is 4.72 Å². The van der Waals surface area contributed by atoms with Crippen molar-refractivity contribution < 1.29 is 23.1 Å². The lowest BCUT2D eigenvalue weighted by Crippen LogP contribution is -2.40. The second kappa shape index (κ2) is 6.66. The Morgan fingerprint density at radius 1 is 1.50 bits per heavy atom. The number of fused-ring (bicyclic) bond motifs is 1. The molecule has 1 aliphatic heterocycles. The minimum absolute atomic E-state index is 0.0252. The van der Waals surface area contributed by atoms with E-state index in [4.69, 9.17) is 9.84 Å². The Kier molecular flexibility index (Phi) is 5.08. The summed E-state index contributed by atoms with van der Waals surface area (Å²) in [5.41, 5.74) is 0.829. The van der Waals surface area contributed by atoms with E-state index in [-0.39, 0.29) is 17.4 Å². The van der Waals surface area contributed by atoms with Crippen molar-refractivity contribution in [2.24, 2.45) is 0 Å². The molecule has 2 atom stereocenters. The Morgan fingerprint density at radius 2 is 2.23 bits per heavy atom. The molecule has 7 heteroatoms. The number of ether oxygens (including phenoxy) is 1. The van der Waals surface area contributed by atoms with Gasteiger partial charge < -0.3 is 9.84 Å². The topological polar surface area (TPSA) is 92.7 Å². The van der Waals surface area contributed by atoms with Crippen LogP contribution in [0.4, 0.5) is 0 Å². The van der Waals surface area contributed by atoms with Crippen LogP contribution in [0.3, 0.4) is 0 Å². The largest absolute Gasteiger partial charge is 0.490 e. The molecule has 0 aliphatic carbocycles. The van der Waals surface area contributed by atoms with Crippen LogP contribution < -0.4 is 9.46 Å². The third kappa shape index (κ3) is 3.78. The van der Waals surface area contributed by atoms with E-state index in [1.54, 1.807) is 12.1 Å². The van der Waals surface area contributed by atoms with Crippen LogP contribution in [0.1, 0.15) is 38.7 Å². The molecular formula is C15H21NO5S. The Labute approximate surface area is 130 Å². The summed E-state index contributed by atoms with van der Waals surface area (Å²) in [4.78, 5) is 11.3. The van der Waals surface area contributed by atoms with Gasteiger partial charge in [-0.05, 0) is 37.1 Å². The van der Waals surface area contributed by atoms with E-state index in [9.17, 15) is 13.2 Å². The van der Waals surface area contributed by atoms with Crippen LogP contribution in [0, 0.1) is 0 Å².